The van der Waals surface area contributed by atoms with Crippen LogP contribution in [0.5, 0.6) is 0 Å². The van der Waals surface area contributed by atoms with E-state index in [1.54, 1.807) is 67.5 Å². The average molecular weight is 836 g/mol. The normalized spacial score (nSPS) is 23.8. The monoisotopic (exact) mass is 835 g/mol. The van der Waals surface area contributed by atoms with Crippen LogP contribution in [0.15, 0.2) is 42.7 Å². The van der Waals surface area contributed by atoms with Gasteiger partial charge in [0.1, 0.15) is 65.9 Å². The van der Waals surface area contributed by atoms with Crippen molar-refractivity contribution in [2.24, 2.45) is 0 Å². The largest absolute Gasteiger partial charge is 0.463 e. The number of rotatable bonds is 11. The van der Waals surface area contributed by atoms with Gasteiger partial charge in [-0.15, -0.1) is 0 Å². The van der Waals surface area contributed by atoms with Gasteiger partial charge in [-0.1, -0.05) is 31.4 Å². The molecular formula is C42H54FN7O10. The van der Waals surface area contributed by atoms with Gasteiger partial charge >= 0.3 is 18.2 Å². The molecule has 0 bridgehead atoms. The minimum atomic E-state index is -1.84. The summed E-state index contributed by atoms with van der Waals surface area (Å²) >= 11 is 0. The first-order valence-corrected chi connectivity index (χ1v) is 20.1. The number of benzene rings is 1. The molecule has 3 aliphatic rings. The van der Waals surface area contributed by atoms with Crippen molar-refractivity contribution in [1.29, 1.82) is 5.26 Å². The first-order chi connectivity index (χ1) is 28.1. The first-order valence-electron chi connectivity index (χ1n) is 20.1. The lowest BCUT2D eigenvalue weighted by Crippen LogP contribution is -2.52. The lowest BCUT2D eigenvalue weighted by atomic mass is 9.79. The van der Waals surface area contributed by atoms with Gasteiger partial charge in [-0.3, -0.25) is 9.59 Å². The van der Waals surface area contributed by atoms with Crippen molar-refractivity contribution < 1.29 is 52.0 Å². The SMILES string of the molecule is CC(C)(C)OC(=O)N[C@@H](Cc1ccc(F)cc1)C(=O)Nc1ncnn2c([C@]3(C#N)O[C@H](COC(=O)CC4(NC(=O)OC(C)(C)C)CCCCC4)[C@H]4OC(C)(C)O[C@H]43)ccc12. The standard InChI is InChI=1S/C42H54FN7O10/c1-38(2,3)59-36(53)47-27(20-25-12-14-26(43)15-13-25)35(52)48-34-28-16-17-30(50(28)46-24-45-34)42(23-44)33-32(57-40(7,8)58-33)29(56-42)22-55-31(51)21-41(18-10-9-11-19-41)49-37(54)60-39(4,5)6/h12-17,24,27,29,32-33H,9-11,18-22H2,1-8H3,(H,47,53)(H,49,54)(H,45,46,48,52)/t27-,29+,32+,33+,42-/m0/s1. The Morgan fingerprint density at radius 2 is 1.62 bits per heavy atom. The number of carbonyl (C=O) groups is 4. The van der Waals surface area contributed by atoms with E-state index in [-0.39, 0.29) is 36.5 Å². The summed E-state index contributed by atoms with van der Waals surface area (Å²) in [5, 5.41) is 23.6. The van der Waals surface area contributed by atoms with Gasteiger partial charge in [-0.05, 0) is 98.1 Å². The molecule has 6 rings (SSSR count). The summed E-state index contributed by atoms with van der Waals surface area (Å²) in [6.07, 6.45) is 0.603. The number of aromatic nitrogens is 3. The Kier molecular flexibility index (Phi) is 12.5. The summed E-state index contributed by atoms with van der Waals surface area (Å²) in [7, 11) is 0. The number of hydrogen-bond acceptors (Lipinski definition) is 13. The number of nitrogens with one attached hydrogen (secondary N) is 3. The van der Waals surface area contributed by atoms with Crippen LogP contribution in [-0.4, -0.2) is 92.1 Å². The zero-order valence-corrected chi connectivity index (χ0v) is 35.3. The van der Waals surface area contributed by atoms with Gasteiger partial charge in [0.15, 0.2) is 11.6 Å². The quantitative estimate of drug-likeness (QED) is 0.155. The van der Waals surface area contributed by atoms with Crippen LogP contribution in [0.3, 0.4) is 0 Å². The highest BCUT2D eigenvalue weighted by molar-refractivity contribution is 5.98. The predicted octanol–water partition coefficient (Wildman–Crippen LogP) is 5.74. The maximum atomic E-state index is 13.8. The third-order valence-electron chi connectivity index (χ3n) is 10.3. The number of ether oxygens (including phenoxy) is 6. The van der Waals surface area contributed by atoms with E-state index >= 15 is 0 Å². The molecule has 18 heteroatoms. The van der Waals surface area contributed by atoms with Gasteiger partial charge in [-0.25, -0.2) is 23.5 Å². The number of nitriles is 1. The molecule has 3 N–H and O–H groups in total. The second-order valence-corrected chi connectivity index (χ2v) is 18.0. The Morgan fingerprint density at radius 3 is 2.27 bits per heavy atom. The van der Waals surface area contributed by atoms with Crippen molar-refractivity contribution >= 4 is 35.4 Å². The molecule has 3 fully saturated rings. The molecule has 2 aromatic heterocycles. The molecular weight excluding hydrogens is 781 g/mol. The number of carbonyl (C=O) groups excluding carboxylic acids is 4. The smallest absolute Gasteiger partial charge is 0.408 e. The van der Waals surface area contributed by atoms with Gasteiger partial charge < -0.3 is 44.4 Å². The number of amides is 3. The van der Waals surface area contributed by atoms with Crippen LogP contribution in [0.1, 0.15) is 105 Å². The number of anilines is 1. The molecule has 3 amide bonds. The van der Waals surface area contributed by atoms with E-state index in [0.717, 1.165) is 19.3 Å². The molecule has 1 aliphatic carbocycles. The highest BCUT2D eigenvalue weighted by Gasteiger charge is 2.65. The van der Waals surface area contributed by atoms with Gasteiger partial charge in [0.25, 0.3) is 0 Å². The highest BCUT2D eigenvalue weighted by atomic mass is 19.1. The van der Waals surface area contributed by atoms with E-state index in [1.165, 1.54) is 35.1 Å². The molecule has 324 valence electrons. The maximum absolute atomic E-state index is 13.8. The Bertz CT molecular complexity index is 2120. The second kappa shape index (κ2) is 16.9. The number of hydrogen-bond donors (Lipinski definition) is 3. The summed E-state index contributed by atoms with van der Waals surface area (Å²) < 4.78 is 50.8. The van der Waals surface area contributed by atoms with Crippen molar-refractivity contribution in [3.8, 4) is 6.07 Å². The Balaban J connectivity index is 1.22. The van der Waals surface area contributed by atoms with Crippen molar-refractivity contribution in [2.75, 3.05) is 11.9 Å². The highest BCUT2D eigenvalue weighted by Crippen LogP contribution is 2.49. The topological polar surface area (TPSA) is 214 Å². The molecule has 0 unspecified atom stereocenters. The third kappa shape index (κ3) is 10.3. The van der Waals surface area contributed by atoms with Crippen LogP contribution < -0.4 is 16.0 Å². The second-order valence-electron chi connectivity index (χ2n) is 18.0. The van der Waals surface area contributed by atoms with Crippen LogP contribution in [0, 0.1) is 17.1 Å². The molecule has 1 aromatic carbocycles. The number of halogens is 1. The summed E-state index contributed by atoms with van der Waals surface area (Å²) in [5.41, 5.74) is -3.18. The number of alkyl carbamates (subject to hydrolysis) is 2. The third-order valence-corrected chi connectivity index (χ3v) is 10.3. The van der Waals surface area contributed by atoms with E-state index in [1.807, 2.05) is 0 Å². The Labute approximate surface area is 347 Å². The van der Waals surface area contributed by atoms with Gasteiger partial charge in [0.05, 0.1) is 17.7 Å². The van der Waals surface area contributed by atoms with Gasteiger partial charge in [-0.2, -0.15) is 10.4 Å². The molecule has 2 saturated heterocycles. The molecule has 1 saturated carbocycles. The van der Waals surface area contributed by atoms with E-state index < -0.39 is 82.4 Å². The number of esters is 1. The van der Waals surface area contributed by atoms with Crippen LogP contribution in [0.2, 0.25) is 0 Å². The zero-order chi connectivity index (χ0) is 43.7. The molecule has 0 radical (unpaired) electrons. The van der Waals surface area contributed by atoms with E-state index in [0.29, 0.717) is 18.4 Å². The van der Waals surface area contributed by atoms with E-state index in [9.17, 15) is 28.8 Å². The molecule has 0 spiro atoms. The molecule has 60 heavy (non-hydrogen) atoms. The van der Waals surface area contributed by atoms with Crippen LogP contribution in [0.25, 0.3) is 5.52 Å². The maximum Gasteiger partial charge on any atom is 0.408 e. The van der Waals surface area contributed by atoms with Crippen molar-refractivity contribution in [2.45, 2.75) is 153 Å². The predicted molar refractivity (Wildman–Crippen MR) is 212 cm³/mol. The minimum absolute atomic E-state index is 0.00619. The van der Waals surface area contributed by atoms with Crippen LogP contribution in [0.4, 0.5) is 19.8 Å². The summed E-state index contributed by atoms with van der Waals surface area (Å²) in [5.74, 6) is -2.78. The van der Waals surface area contributed by atoms with Crippen molar-refractivity contribution in [3.63, 3.8) is 0 Å². The van der Waals surface area contributed by atoms with Crippen LogP contribution in [-0.2, 0) is 50.0 Å². The lowest BCUT2D eigenvalue weighted by molar-refractivity contribution is -0.207. The lowest BCUT2D eigenvalue weighted by Gasteiger charge is -2.37. The molecule has 17 nitrogen and oxygen atoms in total. The average Bonchev–Trinajstić information content (AvgIpc) is 3.80. The number of fused-ring (bicyclic) bond motifs is 2. The van der Waals surface area contributed by atoms with Crippen molar-refractivity contribution in [3.05, 3.63) is 59.8 Å². The molecule has 4 heterocycles. The summed E-state index contributed by atoms with van der Waals surface area (Å²) in [4.78, 5) is 57.3. The minimum Gasteiger partial charge on any atom is -0.463 e. The molecule has 2 aliphatic heterocycles. The molecule has 3 aromatic rings. The van der Waals surface area contributed by atoms with Crippen LogP contribution >= 0.6 is 0 Å². The van der Waals surface area contributed by atoms with Crippen molar-refractivity contribution in [1.82, 2.24) is 25.2 Å². The molecule has 5 atom stereocenters. The fourth-order valence-corrected chi connectivity index (χ4v) is 7.86. The zero-order valence-electron chi connectivity index (χ0n) is 35.3. The Morgan fingerprint density at radius 1 is 0.950 bits per heavy atom. The summed E-state index contributed by atoms with van der Waals surface area (Å²) in [6, 6.07) is 9.80. The fraction of sp³-hybridized carbons (Fsp3) is 0.595. The van der Waals surface area contributed by atoms with Gasteiger partial charge in [0, 0.05) is 6.42 Å². The fourth-order valence-electron chi connectivity index (χ4n) is 7.86. The summed E-state index contributed by atoms with van der Waals surface area (Å²) in [6.45, 7) is 13.5. The van der Waals surface area contributed by atoms with Gasteiger partial charge in [0.2, 0.25) is 11.5 Å². The number of nitrogens with zero attached hydrogens (tertiary/aromatic N) is 4. The first kappa shape index (κ1) is 44.2. The van der Waals surface area contributed by atoms with E-state index in [2.05, 4.69) is 32.1 Å². The Hall–Kier alpha value is -5.38. The van der Waals surface area contributed by atoms with E-state index in [4.69, 9.17) is 28.4 Å².